The Morgan fingerprint density at radius 2 is 2.06 bits per heavy atom. The van der Waals surface area contributed by atoms with E-state index >= 15 is 0 Å². The number of ether oxygens (including phenoxy) is 1. The summed E-state index contributed by atoms with van der Waals surface area (Å²) in [7, 11) is -3.46. The maximum Gasteiger partial charge on any atom is 0.209 e. The molecule has 0 aliphatic rings. The minimum atomic E-state index is -3.46. The van der Waals surface area contributed by atoms with Crippen LogP contribution in [-0.4, -0.2) is 20.8 Å². The fraction of sp³-hybridized carbons (Fsp3) is 0.333. The standard InChI is InChI=1S/C9H11BrFNO3S/c10-7-4-8(11)6-9(5-7)15-2-1-3-16(12,13)14/h4-6H,1-3H2,(H2,12,13,14). The predicted octanol–water partition coefficient (Wildman–Crippen LogP) is 1.65. The molecule has 2 N–H and O–H groups in total. The Morgan fingerprint density at radius 1 is 1.38 bits per heavy atom. The highest BCUT2D eigenvalue weighted by atomic mass is 79.9. The van der Waals surface area contributed by atoms with E-state index in [1.54, 1.807) is 6.07 Å². The molecule has 0 radical (unpaired) electrons. The van der Waals surface area contributed by atoms with Gasteiger partial charge in [-0.25, -0.2) is 17.9 Å². The Bertz CT molecular complexity index is 444. The molecule has 0 aliphatic heterocycles. The monoisotopic (exact) mass is 311 g/mol. The zero-order valence-corrected chi connectivity index (χ0v) is 10.7. The molecule has 0 bridgehead atoms. The molecular weight excluding hydrogens is 301 g/mol. The normalized spacial score (nSPS) is 11.4. The Balaban J connectivity index is 2.43. The molecule has 0 heterocycles. The average molecular weight is 312 g/mol. The number of halogens is 2. The van der Waals surface area contributed by atoms with Crippen molar-refractivity contribution in [1.29, 1.82) is 0 Å². The number of nitrogens with two attached hydrogens (primary N) is 1. The van der Waals surface area contributed by atoms with E-state index in [9.17, 15) is 12.8 Å². The van der Waals surface area contributed by atoms with Crippen LogP contribution in [0.3, 0.4) is 0 Å². The molecule has 7 heteroatoms. The van der Waals surface area contributed by atoms with Crippen molar-refractivity contribution >= 4 is 26.0 Å². The third kappa shape index (κ3) is 5.43. The molecular formula is C9H11BrFNO3S. The van der Waals surface area contributed by atoms with Crippen LogP contribution in [-0.2, 0) is 10.0 Å². The van der Waals surface area contributed by atoms with Gasteiger partial charge >= 0.3 is 0 Å². The Morgan fingerprint density at radius 3 is 2.62 bits per heavy atom. The van der Waals surface area contributed by atoms with Gasteiger partial charge in [0.1, 0.15) is 11.6 Å². The van der Waals surface area contributed by atoms with Gasteiger partial charge in [-0.1, -0.05) is 15.9 Å². The minimum Gasteiger partial charge on any atom is -0.493 e. The lowest BCUT2D eigenvalue weighted by Crippen LogP contribution is -2.18. The SMILES string of the molecule is NS(=O)(=O)CCCOc1cc(F)cc(Br)c1. The van der Waals surface area contributed by atoms with Crippen LogP contribution in [0.5, 0.6) is 5.75 Å². The second-order valence-corrected chi connectivity index (χ2v) is 5.82. The molecule has 0 atom stereocenters. The average Bonchev–Trinajstić information content (AvgIpc) is 2.09. The van der Waals surface area contributed by atoms with Gasteiger partial charge in [-0.3, -0.25) is 0 Å². The third-order valence-corrected chi connectivity index (χ3v) is 2.99. The molecule has 1 aromatic carbocycles. The van der Waals surface area contributed by atoms with Crippen LogP contribution in [0.1, 0.15) is 6.42 Å². The molecule has 1 rings (SSSR count). The van der Waals surface area contributed by atoms with Gasteiger partial charge in [0.25, 0.3) is 0 Å². The first kappa shape index (κ1) is 13.4. The van der Waals surface area contributed by atoms with Gasteiger partial charge in [-0.05, 0) is 18.6 Å². The van der Waals surface area contributed by atoms with Crippen LogP contribution in [0.2, 0.25) is 0 Å². The van der Waals surface area contributed by atoms with E-state index in [1.807, 2.05) is 0 Å². The summed E-state index contributed by atoms with van der Waals surface area (Å²) in [5.41, 5.74) is 0. The number of sulfonamides is 1. The minimum absolute atomic E-state index is 0.149. The zero-order chi connectivity index (χ0) is 12.2. The van der Waals surface area contributed by atoms with Crippen LogP contribution in [0, 0.1) is 5.82 Å². The summed E-state index contributed by atoms with van der Waals surface area (Å²) in [5.74, 6) is -0.221. The van der Waals surface area contributed by atoms with Crippen molar-refractivity contribution in [1.82, 2.24) is 0 Å². The largest absolute Gasteiger partial charge is 0.493 e. The molecule has 0 saturated heterocycles. The van der Waals surface area contributed by atoms with Crippen LogP contribution < -0.4 is 9.88 Å². The fourth-order valence-corrected chi connectivity index (χ4v) is 2.03. The fourth-order valence-electron chi connectivity index (χ4n) is 1.06. The quantitative estimate of drug-likeness (QED) is 0.841. The highest BCUT2D eigenvalue weighted by Crippen LogP contribution is 2.20. The van der Waals surface area contributed by atoms with Crippen LogP contribution >= 0.6 is 15.9 Å². The van der Waals surface area contributed by atoms with Crippen LogP contribution in [0.15, 0.2) is 22.7 Å². The van der Waals surface area contributed by atoms with Crippen LogP contribution in [0.4, 0.5) is 4.39 Å². The summed E-state index contributed by atoms with van der Waals surface area (Å²) in [6.45, 7) is 0.173. The lowest BCUT2D eigenvalue weighted by atomic mass is 10.3. The first-order chi connectivity index (χ1) is 7.37. The maximum absolute atomic E-state index is 12.9. The van der Waals surface area contributed by atoms with Gasteiger partial charge in [0.15, 0.2) is 0 Å². The summed E-state index contributed by atoms with van der Waals surface area (Å²) in [6.07, 6.45) is 0.271. The summed E-state index contributed by atoms with van der Waals surface area (Å²) in [4.78, 5) is 0. The number of benzene rings is 1. The molecule has 16 heavy (non-hydrogen) atoms. The van der Waals surface area contributed by atoms with Gasteiger partial charge in [-0.2, -0.15) is 0 Å². The molecule has 0 aliphatic carbocycles. The number of primary sulfonamides is 1. The van der Waals surface area contributed by atoms with E-state index in [1.165, 1.54) is 12.1 Å². The molecule has 0 spiro atoms. The van der Waals surface area contributed by atoms with Crippen molar-refractivity contribution in [3.63, 3.8) is 0 Å². The van der Waals surface area contributed by atoms with Crippen molar-refractivity contribution in [3.8, 4) is 5.75 Å². The molecule has 4 nitrogen and oxygen atoms in total. The van der Waals surface area contributed by atoms with E-state index in [0.717, 1.165) is 0 Å². The van der Waals surface area contributed by atoms with Gasteiger partial charge in [-0.15, -0.1) is 0 Å². The van der Waals surface area contributed by atoms with Crippen molar-refractivity contribution in [2.45, 2.75) is 6.42 Å². The van der Waals surface area contributed by atoms with E-state index in [2.05, 4.69) is 15.9 Å². The molecule has 0 aromatic heterocycles. The lowest BCUT2D eigenvalue weighted by Gasteiger charge is -2.06. The van der Waals surface area contributed by atoms with E-state index < -0.39 is 15.8 Å². The topological polar surface area (TPSA) is 69.4 Å². The lowest BCUT2D eigenvalue weighted by molar-refractivity contribution is 0.316. The maximum atomic E-state index is 12.9. The molecule has 0 saturated carbocycles. The Kier molecular flexibility index (Phi) is 4.69. The number of hydrogen-bond acceptors (Lipinski definition) is 3. The van der Waals surface area contributed by atoms with Gasteiger partial charge in [0.05, 0.1) is 12.4 Å². The van der Waals surface area contributed by atoms with Crippen LogP contribution in [0.25, 0.3) is 0 Å². The van der Waals surface area contributed by atoms with E-state index in [-0.39, 0.29) is 18.8 Å². The molecule has 0 amide bonds. The predicted molar refractivity (Wildman–Crippen MR) is 62.2 cm³/mol. The second kappa shape index (κ2) is 5.60. The zero-order valence-electron chi connectivity index (χ0n) is 8.32. The Hall–Kier alpha value is -0.660. The summed E-state index contributed by atoms with van der Waals surface area (Å²) in [5, 5.41) is 4.81. The summed E-state index contributed by atoms with van der Waals surface area (Å²) >= 11 is 3.12. The summed E-state index contributed by atoms with van der Waals surface area (Å²) in [6, 6.07) is 4.12. The molecule has 1 aromatic rings. The van der Waals surface area contributed by atoms with Gasteiger partial charge in [0, 0.05) is 10.5 Å². The second-order valence-electron chi connectivity index (χ2n) is 3.17. The molecule has 0 unspecified atom stereocenters. The van der Waals surface area contributed by atoms with Crippen molar-refractivity contribution < 1.29 is 17.5 Å². The number of hydrogen-bond donors (Lipinski definition) is 1. The van der Waals surface area contributed by atoms with Gasteiger partial charge in [0.2, 0.25) is 10.0 Å². The van der Waals surface area contributed by atoms with Crippen molar-refractivity contribution in [3.05, 3.63) is 28.5 Å². The van der Waals surface area contributed by atoms with Crippen molar-refractivity contribution in [2.75, 3.05) is 12.4 Å². The highest BCUT2D eigenvalue weighted by Gasteiger charge is 2.03. The molecule has 0 fully saturated rings. The number of rotatable bonds is 5. The van der Waals surface area contributed by atoms with Gasteiger partial charge < -0.3 is 4.74 Å². The van der Waals surface area contributed by atoms with E-state index in [4.69, 9.17) is 9.88 Å². The summed E-state index contributed by atoms with van der Waals surface area (Å²) < 4.78 is 39.8. The third-order valence-electron chi connectivity index (χ3n) is 1.68. The highest BCUT2D eigenvalue weighted by molar-refractivity contribution is 9.10. The first-order valence-corrected chi connectivity index (χ1v) is 6.97. The Labute approximate surface area is 102 Å². The smallest absolute Gasteiger partial charge is 0.209 e. The molecule has 90 valence electrons. The van der Waals surface area contributed by atoms with Crippen molar-refractivity contribution in [2.24, 2.45) is 5.14 Å². The van der Waals surface area contributed by atoms with E-state index in [0.29, 0.717) is 10.2 Å². The first-order valence-electron chi connectivity index (χ1n) is 4.46.